The minimum atomic E-state index is -0.223. The Morgan fingerprint density at radius 2 is 2.12 bits per heavy atom. The lowest BCUT2D eigenvalue weighted by atomic mass is 10.2. The van der Waals surface area contributed by atoms with Gasteiger partial charge in [-0.05, 0) is 18.9 Å². The van der Waals surface area contributed by atoms with Gasteiger partial charge in [-0.1, -0.05) is 30.3 Å². The lowest BCUT2D eigenvalue weighted by molar-refractivity contribution is -0.146. The molecule has 0 amide bonds. The highest BCUT2D eigenvalue weighted by Crippen LogP contribution is 2.04. The number of benzene rings is 1. The molecule has 0 aliphatic carbocycles. The molecule has 0 aliphatic heterocycles. The van der Waals surface area contributed by atoms with Gasteiger partial charge in [0, 0.05) is 5.75 Å². The summed E-state index contributed by atoms with van der Waals surface area (Å²) in [6, 6.07) is 9.46. The van der Waals surface area contributed by atoms with Crippen molar-refractivity contribution in [3.63, 3.8) is 0 Å². The Kier molecular flexibility index (Phi) is 5.96. The van der Waals surface area contributed by atoms with Crippen LogP contribution in [-0.2, 0) is 16.1 Å². The summed E-state index contributed by atoms with van der Waals surface area (Å²) in [6.07, 6.45) is 1.97. The molecule has 88 valence electrons. The van der Waals surface area contributed by atoms with E-state index in [-0.39, 0.29) is 12.0 Å². The van der Waals surface area contributed by atoms with Crippen molar-refractivity contribution in [2.24, 2.45) is 0 Å². The molecule has 0 unspecified atom stereocenters. The van der Waals surface area contributed by atoms with Crippen molar-refractivity contribution in [1.82, 2.24) is 5.32 Å². The van der Waals surface area contributed by atoms with Gasteiger partial charge in [0.2, 0.25) is 0 Å². The predicted octanol–water partition coefficient (Wildman–Crippen LogP) is 1.68. The number of rotatable bonds is 6. The largest absolute Gasteiger partial charge is 0.460 e. The molecule has 0 fully saturated rings. The van der Waals surface area contributed by atoms with Gasteiger partial charge in [0.1, 0.15) is 12.6 Å². The van der Waals surface area contributed by atoms with Gasteiger partial charge in [0.25, 0.3) is 0 Å². The number of hydrogen-bond donors (Lipinski definition) is 1. The summed E-state index contributed by atoms with van der Waals surface area (Å²) in [5, 5.41) is 2.94. The lowest BCUT2D eigenvalue weighted by Crippen LogP contribution is -2.37. The molecule has 16 heavy (non-hydrogen) atoms. The van der Waals surface area contributed by atoms with Crippen LogP contribution >= 0.6 is 11.8 Å². The maximum atomic E-state index is 11.6. The van der Waals surface area contributed by atoms with Crippen molar-refractivity contribution in [1.29, 1.82) is 0 Å². The maximum absolute atomic E-state index is 11.6. The van der Waals surface area contributed by atoms with Crippen LogP contribution in [0, 0.1) is 0 Å². The van der Waals surface area contributed by atoms with E-state index in [1.165, 1.54) is 0 Å². The van der Waals surface area contributed by atoms with Crippen molar-refractivity contribution in [3.05, 3.63) is 35.9 Å². The summed E-state index contributed by atoms with van der Waals surface area (Å²) in [5.41, 5.74) is 1.01. The number of hydrogen-bond acceptors (Lipinski definition) is 4. The molecule has 0 aromatic heterocycles. The molecule has 1 N–H and O–H groups in total. The van der Waals surface area contributed by atoms with Gasteiger partial charge in [-0.15, -0.1) is 0 Å². The fourth-order valence-electron chi connectivity index (χ4n) is 1.27. The number of carbonyl (C=O) groups excluding carboxylic acids is 1. The van der Waals surface area contributed by atoms with E-state index in [1.807, 2.05) is 36.6 Å². The Morgan fingerprint density at radius 3 is 2.69 bits per heavy atom. The Labute approximate surface area is 101 Å². The van der Waals surface area contributed by atoms with Crippen LogP contribution in [0.2, 0.25) is 0 Å². The number of esters is 1. The third-order valence-corrected chi connectivity index (χ3v) is 2.86. The van der Waals surface area contributed by atoms with Gasteiger partial charge in [0.05, 0.1) is 0 Å². The van der Waals surface area contributed by atoms with Crippen LogP contribution in [-0.4, -0.2) is 31.1 Å². The van der Waals surface area contributed by atoms with Crippen molar-refractivity contribution >= 4 is 17.7 Å². The highest BCUT2D eigenvalue weighted by molar-refractivity contribution is 7.98. The summed E-state index contributed by atoms with van der Waals surface area (Å²) in [4.78, 5) is 11.6. The van der Waals surface area contributed by atoms with Gasteiger partial charge in [-0.25, -0.2) is 0 Å². The third-order valence-electron chi connectivity index (χ3n) is 2.19. The second-order valence-electron chi connectivity index (χ2n) is 3.39. The minimum Gasteiger partial charge on any atom is -0.460 e. The van der Waals surface area contributed by atoms with Crippen LogP contribution < -0.4 is 5.32 Å². The zero-order valence-corrected chi connectivity index (χ0v) is 10.4. The molecule has 0 saturated heterocycles. The monoisotopic (exact) mass is 239 g/mol. The first kappa shape index (κ1) is 13.1. The van der Waals surface area contributed by atoms with E-state index < -0.39 is 0 Å². The van der Waals surface area contributed by atoms with E-state index >= 15 is 0 Å². The molecule has 1 atom stereocenters. The molecule has 1 aromatic rings. The molecule has 0 heterocycles. The highest BCUT2D eigenvalue weighted by atomic mass is 32.2. The maximum Gasteiger partial charge on any atom is 0.324 e. The second kappa shape index (κ2) is 7.30. The molecule has 3 nitrogen and oxygen atoms in total. The van der Waals surface area contributed by atoms with Crippen LogP contribution in [0.4, 0.5) is 0 Å². The van der Waals surface area contributed by atoms with Gasteiger partial charge >= 0.3 is 5.97 Å². The van der Waals surface area contributed by atoms with Crippen molar-refractivity contribution < 1.29 is 9.53 Å². The van der Waals surface area contributed by atoms with Crippen LogP contribution in [0.25, 0.3) is 0 Å². The number of thioether (sulfide) groups is 1. The van der Waals surface area contributed by atoms with Gasteiger partial charge < -0.3 is 10.1 Å². The summed E-state index contributed by atoms with van der Waals surface area (Å²) < 4.78 is 5.22. The van der Waals surface area contributed by atoms with Crippen LogP contribution in [0.5, 0.6) is 0 Å². The van der Waals surface area contributed by atoms with Crippen LogP contribution in [0.3, 0.4) is 0 Å². The molecule has 0 aliphatic rings. The third kappa shape index (κ3) is 4.24. The standard InChI is InChI=1S/C12H17NO2S/c1-13-11(9-16-2)12(14)15-8-10-6-4-3-5-7-10/h3-7,11,13H,8-9H2,1-2H3/t11-/m1/s1. The first-order valence-electron chi connectivity index (χ1n) is 5.14. The molecule has 4 heteroatoms. The lowest BCUT2D eigenvalue weighted by Gasteiger charge is -2.13. The molecular weight excluding hydrogens is 222 g/mol. The Morgan fingerprint density at radius 1 is 1.44 bits per heavy atom. The number of nitrogens with one attached hydrogen (secondary N) is 1. The SMILES string of the molecule is CN[C@H](CSC)C(=O)OCc1ccccc1. The first-order valence-corrected chi connectivity index (χ1v) is 6.54. The van der Waals surface area contributed by atoms with E-state index in [4.69, 9.17) is 4.74 Å². The van der Waals surface area contributed by atoms with E-state index in [9.17, 15) is 4.79 Å². The minimum absolute atomic E-state index is 0.194. The molecule has 0 radical (unpaired) electrons. The average Bonchev–Trinajstić information content (AvgIpc) is 2.34. The van der Waals surface area contributed by atoms with E-state index in [0.29, 0.717) is 6.61 Å². The fraction of sp³-hybridized carbons (Fsp3) is 0.417. The normalized spacial score (nSPS) is 12.1. The topological polar surface area (TPSA) is 38.3 Å². The van der Waals surface area contributed by atoms with Crippen LogP contribution in [0.15, 0.2) is 30.3 Å². The number of likely N-dealkylation sites (N-methyl/N-ethyl adjacent to an activating group) is 1. The summed E-state index contributed by atoms with van der Waals surface area (Å²) in [7, 11) is 1.77. The molecule has 0 spiro atoms. The zero-order chi connectivity index (χ0) is 11.8. The molecule has 0 bridgehead atoms. The summed E-state index contributed by atoms with van der Waals surface area (Å²) >= 11 is 1.62. The smallest absolute Gasteiger partial charge is 0.324 e. The Hall–Kier alpha value is -1.00. The van der Waals surface area contributed by atoms with Crippen molar-refractivity contribution in [2.75, 3.05) is 19.1 Å². The Bertz CT molecular complexity index is 316. The van der Waals surface area contributed by atoms with E-state index in [1.54, 1.807) is 18.8 Å². The molecule has 1 aromatic carbocycles. The first-order chi connectivity index (χ1) is 7.77. The van der Waals surface area contributed by atoms with Gasteiger partial charge in [-0.3, -0.25) is 4.79 Å². The predicted molar refractivity (Wildman–Crippen MR) is 67.5 cm³/mol. The number of carbonyl (C=O) groups is 1. The zero-order valence-electron chi connectivity index (χ0n) is 9.60. The van der Waals surface area contributed by atoms with Crippen molar-refractivity contribution in [3.8, 4) is 0 Å². The van der Waals surface area contributed by atoms with E-state index in [0.717, 1.165) is 11.3 Å². The summed E-state index contributed by atoms with van der Waals surface area (Å²) in [5.74, 6) is 0.533. The highest BCUT2D eigenvalue weighted by Gasteiger charge is 2.16. The molecule has 0 saturated carbocycles. The number of ether oxygens (including phenoxy) is 1. The summed E-state index contributed by atoms with van der Waals surface area (Å²) in [6.45, 7) is 0.340. The molecule has 1 rings (SSSR count). The van der Waals surface area contributed by atoms with Gasteiger partial charge in [0.15, 0.2) is 0 Å². The molecular formula is C12H17NO2S. The van der Waals surface area contributed by atoms with Gasteiger partial charge in [-0.2, -0.15) is 11.8 Å². The second-order valence-corrected chi connectivity index (χ2v) is 4.30. The Balaban J connectivity index is 2.40. The fourth-order valence-corrected chi connectivity index (χ4v) is 1.90. The average molecular weight is 239 g/mol. The van der Waals surface area contributed by atoms with Crippen LogP contribution in [0.1, 0.15) is 5.56 Å². The van der Waals surface area contributed by atoms with E-state index in [2.05, 4.69) is 5.32 Å². The van der Waals surface area contributed by atoms with Crippen molar-refractivity contribution in [2.45, 2.75) is 12.6 Å². The quantitative estimate of drug-likeness (QED) is 0.767.